The molecule has 2 amide bonds. The first-order valence-corrected chi connectivity index (χ1v) is 11.2. The van der Waals surface area contributed by atoms with Gasteiger partial charge in [0.25, 0.3) is 0 Å². The van der Waals surface area contributed by atoms with E-state index in [1.807, 2.05) is 32.3 Å². The fourth-order valence-electron chi connectivity index (χ4n) is 3.83. The molecule has 0 radical (unpaired) electrons. The highest BCUT2D eigenvalue weighted by molar-refractivity contribution is 6.35. The van der Waals surface area contributed by atoms with E-state index in [1.54, 1.807) is 0 Å². The van der Waals surface area contributed by atoms with E-state index in [9.17, 15) is 9.59 Å². The molecule has 2 N–H and O–H groups in total. The Morgan fingerprint density at radius 3 is 2.28 bits per heavy atom. The van der Waals surface area contributed by atoms with Crippen LogP contribution in [0.25, 0.3) is 0 Å². The second-order valence-electron chi connectivity index (χ2n) is 8.21. The number of hydrogen-bond donors (Lipinski definition) is 2. The van der Waals surface area contributed by atoms with Crippen LogP contribution in [0.1, 0.15) is 23.6 Å². The SMILES string of the molecule is CN(C)c1ccc(C(CNC(=O)C(=O)NCCCc2ccccc2)N2CCOCC2)cc1. The van der Waals surface area contributed by atoms with Crippen LogP contribution in [0.4, 0.5) is 5.69 Å². The van der Waals surface area contributed by atoms with E-state index >= 15 is 0 Å². The zero-order valence-electron chi connectivity index (χ0n) is 19.0. The average Bonchev–Trinajstić information content (AvgIpc) is 2.83. The summed E-state index contributed by atoms with van der Waals surface area (Å²) in [6.07, 6.45) is 1.66. The molecule has 0 spiro atoms. The maximum atomic E-state index is 12.4. The van der Waals surface area contributed by atoms with E-state index in [0.717, 1.165) is 37.2 Å². The summed E-state index contributed by atoms with van der Waals surface area (Å²) in [4.78, 5) is 29.0. The summed E-state index contributed by atoms with van der Waals surface area (Å²) in [6, 6.07) is 18.4. The van der Waals surface area contributed by atoms with Gasteiger partial charge in [0.2, 0.25) is 0 Å². The second-order valence-corrected chi connectivity index (χ2v) is 8.21. The normalized spacial score (nSPS) is 15.1. The van der Waals surface area contributed by atoms with Gasteiger partial charge in [-0.1, -0.05) is 42.5 Å². The number of anilines is 1. The van der Waals surface area contributed by atoms with Gasteiger partial charge in [0, 0.05) is 46.0 Å². The summed E-state index contributed by atoms with van der Waals surface area (Å²) >= 11 is 0. The molecule has 32 heavy (non-hydrogen) atoms. The molecule has 1 aliphatic rings. The van der Waals surface area contributed by atoms with Crippen LogP contribution in [-0.2, 0) is 20.7 Å². The molecule has 2 aromatic carbocycles. The van der Waals surface area contributed by atoms with Gasteiger partial charge in [-0.25, -0.2) is 0 Å². The van der Waals surface area contributed by atoms with Crippen molar-refractivity contribution in [2.45, 2.75) is 18.9 Å². The van der Waals surface area contributed by atoms with Crippen LogP contribution in [0.3, 0.4) is 0 Å². The molecule has 0 aliphatic carbocycles. The lowest BCUT2D eigenvalue weighted by Gasteiger charge is -2.35. The minimum absolute atomic E-state index is 0.00931. The molecule has 7 heteroatoms. The lowest BCUT2D eigenvalue weighted by molar-refractivity contribution is -0.139. The Morgan fingerprint density at radius 1 is 0.969 bits per heavy atom. The first-order chi connectivity index (χ1) is 15.5. The molecular formula is C25H34N4O3. The summed E-state index contributed by atoms with van der Waals surface area (Å²) < 4.78 is 5.49. The number of ether oxygens (including phenoxy) is 1. The van der Waals surface area contributed by atoms with Crippen LogP contribution in [0, 0.1) is 0 Å². The minimum Gasteiger partial charge on any atom is -0.379 e. The Morgan fingerprint density at radius 2 is 1.62 bits per heavy atom. The van der Waals surface area contributed by atoms with Crippen LogP contribution in [0.5, 0.6) is 0 Å². The number of benzene rings is 2. The van der Waals surface area contributed by atoms with Crippen molar-refractivity contribution in [2.75, 3.05) is 58.4 Å². The quantitative estimate of drug-likeness (QED) is 0.463. The van der Waals surface area contributed by atoms with Gasteiger partial charge in [-0.15, -0.1) is 0 Å². The standard InChI is InChI=1S/C25H34N4O3/c1-28(2)22-12-10-21(11-13-22)23(29-15-17-32-18-16-29)19-27-25(31)24(30)26-14-6-9-20-7-4-3-5-8-20/h3-5,7-8,10-13,23H,6,9,14-19H2,1-2H3,(H,26,30)(H,27,31). The number of aryl methyl sites for hydroxylation is 1. The van der Waals surface area contributed by atoms with Crippen molar-refractivity contribution in [3.05, 3.63) is 65.7 Å². The summed E-state index contributed by atoms with van der Waals surface area (Å²) in [6.45, 7) is 3.77. The molecular weight excluding hydrogens is 404 g/mol. The number of nitrogens with one attached hydrogen (secondary N) is 2. The third-order valence-electron chi connectivity index (χ3n) is 5.71. The molecule has 7 nitrogen and oxygen atoms in total. The third-order valence-corrected chi connectivity index (χ3v) is 5.71. The van der Waals surface area contributed by atoms with E-state index in [4.69, 9.17) is 4.74 Å². The van der Waals surface area contributed by atoms with E-state index in [-0.39, 0.29) is 6.04 Å². The monoisotopic (exact) mass is 438 g/mol. The number of carbonyl (C=O) groups is 2. The van der Waals surface area contributed by atoms with Gasteiger partial charge in [0.1, 0.15) is 0 Å². The molecule has 1 saturated heterocycles. The zero-order chi connectivity index (χ0) is 22.8. The number of amides is 2. The predicted octanol–water partition coefficient (Wildman–Crippen LogP) is 1.99. The van der Waals surface area contributed by atoms with E-state index in [1.165, 1.54) is 5.56 Å². The fraction of sp³-hybridized carbons (Fsp3) is 0.440. The Balaban J connectivity index is 1.51. The molecule has 2 aromatic rings. The summed E-state index contributed by atoms with van der Waals surface area (Å²) in [5, 5.41) is 5.56. The van der Waals surface area contributed by atoms with Crippen LogP contribution in [0.15, 0.2) is 54.6 Å². The van der Waals surface area contributed by atoms with Gasteiger partial charge in [0.15, 0.2) is 0 Å². The fourth-order valence-corrected chi connectivity index (χ4v) is 3.83. The topological polar surface area (TPSA) is 73.9 Å². The molecule has 0 aromatic heterocycles. The summed E-state index contributed by atoms with van der Waals surface area (Å²) in [5.41, 5.74) is 3.45. The highest BCUT2D eigenvalue weighted by Gasteiger charge is 2.24. The van der Waals surface area contributed by atoms with Gasteiger partial charge in [0.05, 0.1) is 19.3 Å². The number of nitrogens with zero attached hydrogens (tertiary/aromatic N) is 2. The minimum atomic E-state index is -0.590. The number of carbonyl (C=O) groups excluding carboxylic acids is 2. The van der Waals surface area contributed by atoms with Gasteiger partial charge >= 0.3 is 11.8 Å². The van der Waals surface area contributed by atoms with Crippen molar-refractivity contribution < 1.29 is 14.3 Å². The van der Waals surface area contributed by atoms with Gasteiger partial charge in [-0.2, -0.15) is 0 Å². The first kappa shape index (κ1) is 23.8. The Hall–Kier alpha value is -2.90. The van der Waals surface area contributed by atoms with Crippen LogP contribution in [0.2, 0.25) is 0 Å². The number of hydrogen-bond acceptors (Lipinski definition) is 5. The van der Waals surface area contributed by atoms with Crippen LogP contribution in [-0.4, -0.2) is 70.2 Å². The molecule has 172 valence electrons. The van der Waals surface area contributed by atoms with E-state index in [2.05, 4.69) is 56.8 Å². The molecule has 1 aliphatic heterocycles. The third kappa shape index (κ3) is 7.07. The van der Waals surface area contributed by atoms with E-state index < -0.39 is 11.8 Å². The highest BCUT2D eigenvalue weighted by atomic mass is 16.5. The van der Waals surface area contributed by atoms with Crippen molar-refractivity contribution in [3.8, 4) is 0 Å². The number of morpholine rings is 1. The van der Waals surface area contributed by atoms with Crippen molar-refractivity contribution >= 4 is 17.5 Å². The summed E-state index contributed by atoms with van der Waals surface area (Å²) in [5.74, 6) is -1.17. The molecule has 1 unspecified atom stereocenters. The van der Waals surface area contributed by atoms with Gasteiger partial charge in [-0.05, 0) is 36.1 Å². The lowest BCUT2D eigenvalue weighted by atomic mass is 10.0. The average molecular weight is 439 g/mol. The maximum Gasteiger partial charge on any atom is 0.309 e. The van der Waals surface area contributed by atoms with Gasteiger partial charge < -0.3 is 20.3 Å². The largest absolute Gasteiger partial charge is 0.379 e. The molecule has 1 atom stereocenters. The van der Waals surface area contributed by atoms with Crippen LogP contribution < -0.4 is 15.5 Å². The molecule has 1 heterocycles. The van der Waals surface area contributed by atoms with Crippen molar-refractivity contribution in [3.63, 3.8) is 0 Å². The smallest absolute Gasteiger partial charge is 0.309 e. The van der Waals surface area contributed by atoms with E-state index in [0.29, 0.717) is 26.3 Å². The van der Waals surface area contributed by atoms with Crippen LogP contribution >= 0.6 is 0 Å². The van der Waals surface area contributed by atoms with Crippen molar-refractivity contribution in [1.29, 1.82) is 0 Å². The highest BCUT2D eigenvalue weighted by Crippen LogP contribution is 2.23. The molecule has 0 saturated carbocycles. The zero-order valence-corrected chi connectivity index (χ0v) is 19.0. The molecule has 3 rings (SSSR count). The molecule has 1 fully saturated rings. The molecule has 0 bridgehead atoms. The Kier molecular flexibility index (Phi) is 9.07. The first-order valence-electron chi connectivity index (χ1n) is 11.2. The van der Waals surface area contributed by atoms with Crippen molar-refractivity contribution in [2.24, 2.45) is 0 Å². The number of rotatable bonds is 9. The predicted molar refractivity (Wildman–Crippen MR) is 127 cm³/mol. The van der Waals surface area contributed by atoms with Gasteiger partial charge in [-0.3, -0.25) is 14.5 Å². The maximum absolute atomic E-state index is 12.4. The lowest BCUT2D eigenvalue weighted by Crippen LogP contribution is -2.46. The Bertz CT molecular complexity index is 849. The summed E-state index contributed by atoms with van der Waals surface area (Å²) in [7, 11) is 4.01. The van der Waals surface area contributed by atoms with Crippen molar-refractivity contribution in [1.82, 2.24) is 15.5 Å². The second kappa shape index (κ2) is 12.2. The Labute approximate surface area is 190 Å².